The van der Waals surface area contributed by atoms with Crippen molar-refractivity contribution in [3.8, 4) is 5.75 Å². The molecule has 0 spiro atoms. The largest absolute Gasteiger partial charge is 0.497 e. The van der Waals surface area contributed by atoms with Crippen molar-refractivity contribution in [3.63, 3.8) is 0 Å². The molecule has 1 unspecified atom stereocenters. The highest BCUT2D eigenvalue weighted by atomic mass is 35.5. The number of halogens is 2. The van der Waals surface area contributed by atoms with Crippen LogP contribution in [0.25, 0.3) is 0 Å². The lowest BCUT2D eigenvalue weighted by Gasteiger charge is -2.14. The van der Waals surface area contributed by atoms with Crippen LogP contribution in [0.4, 0.5) is 4.39 Å². The first-order valence-electron chi connectivity index (χ1n) is 6.18. The molecule has 2 aromatic carbocycles. The maximum Gasteiger partial charge on any atom is 0.229 e. The van der Waals surface area contributed by atoms with Gasteiger partial charge in [0.25, 0.3) is 0 Å². The number of hydrogen-bond donors (Lipinski definition) is 0. The van der Waals surface area contributed by atoms with Gasteiger partial charge >= 0.3 is 0 Å². The molecule has 0 bridgehead atoms. The predicted molar refractivity (Wildman–Crippen MR) is 76.7 cm³/mol. The van der Waals surface area contributed by atoms with Crippen molar-refractivity contribution in [2.75, 3.05) is 7.11 Å². The molecular weight excluding hydrogens is 279 g/mol. The lowest BCUT2D eigenvalue weighted by Crippen LogP contribution is -2.12. The van der Waals surface area contributed by atoms with Crippen molar-refractivity contribution < 1.29 is 13.9 Å². The van der Waals surface area contributed by atoms with Gasteiger partial charge in [0.2, 0.25) is 5.24 Å². The van der Waals surface area contributed by atoms with E-state index in [9.17, 15) is 9.18 Å². The Balaban J connectivity index is 2.26. The molecule has 0 aliphatic heterocycles. The molecule has 0 N–H and O–H groups in total. The second-order valence-electron chi connectivity index (χ2n) is 4.43. The van der Waals surface area contributed by atoms with Crippen LogP contribution in [-0.4, -0.2) is 12.4 Å². The zero-order valence-corrected chi connectivity index (χ0v) is 11.7. The van der Waals surface area contributed by atoms with Crippen molar-refractivity contribution in [2.24, 2.45) is 0 Å². The molecule has 4 heteroatoms. The SMILES string of the molecule is COc1ccc(CC(C(=O)Cl)c2ccccc2F)cc1. The summed E-state index contributed by atoms with van der Waals surface area (Å²) in [7, 11) is 1.58. The third-order valence-corrected chi connectivity index (χ3v) is 3.42. The molecule has 1 atom stereocenters. The summed E-state index contributed by atoms with van der Waals surface area (Å²) in [5, 5.41) is -0.564. The van der Waals surface area contributed by atoms with E-state index in [0.29, 0.717) is 12.0 Å². The monoisotopic (exact) mass is 292 g/mol. The molecule has 0 saturated heterocycles. The lowest BCUT2D eigenvalue weighted by molar-refractivity contribution is -0.113. The summed E-state index contributed by atoms with van der Waals surface area (Å²) >= 11 is 5.63. The first-order valence-corrected chi connectivity index (χ1v) is 6.56. The molecule has 0 saturated carbocycles. The molecule has 20 heavy (non-hydrogen) atoms. The molecule has 2 aromatic rings. The third-order valence-electron chi connectivity index (χ3n) is 3.15. The van der Waals surface area contributed by atoms with Gasteiger partial charge in [-0.05, 0) is 47.3 Å². The van der Waals surface area contributed by atoms with E-state index in [0.717, 1.165) is 11.3 Å². The van der Waals surface area contributed by atoms with Crippen LogP contribution >= 0.6 is 11.6 Å². The van der Waals surface area contributed by atoms with Gasteiger partial charge in [-0.15, -0.1) is 0 Å². The number of rotatable bonds is 5. The van der Waals surface area contributed by atoms with Crippen LogP contribution in [0.15, 0.2) is 48.5 Å². The molecule has 0 heterocycles. The van der Waals surface area contributed by atoms with E-state index in [1.54, 1.807) is 37.4 Å². The van der Waals surface area contributed by atoms with Gasteiger partial charge in [-0.25, -0.2) is 4.39 Å². The normalized spacial score (nSPS) is 11.9. The van der Waals surface area contributed by atoms with E-state index >= 15 is 0 Å². The minimum absolute atomic E-state index is 0.323. The predicted octanol–water partition coefficient (Wildman–Crippen LogP) is 3.93. The Morgan fingerprint density at radius 1 is 1.20 bits per heavy atom. The van der Waals surface area contributed by atoms with Crippen molar-refractivity contribution in [1.82, 2.24) is 0 Å². The zero-order valence-electron chi connectivity index (χ0n) is 11.0. The Morgan fingerprint density at radius 3 is 2.40 bits per heavy atom. The van der Waals surface area contributed by atoms with E-state index in [2.05, 4.69) is 0 Å². The minimum Gasteiger partial charge on any atom is -0.497 e. The van der Waals surface area contributed by atoms with E-state index in [1.807, 2.05) is 12.1 Å². The van der Waals surface area contributed by atoms with Gasteiger partial charge in [-0.3, -0.25) is 4.79 Å². The maximum atomic E-state index is 13.8. The van der Waals surface area contributed by atoms with E-state index in [4.69, 9.17) is 16.3 Å². The van der Waals surface area contributed by atoms with E-state index < -0.39 is 17.0 Å². The highest BCUT2D eigenvalue weighted by Crippen LogP contribution is 2.26. The zero-order chi connectivity index (χ0) is 14.5. The van der Waals surface area contributed by atoms with Gasteiger partial charge in [-0.1, -0.05) is 30.3 Å². The Labute approximate surface area is 122 Å². The van der Waals surface area contributed by atoms with Crippen LogP contribution in [0.3, 0.4) is 0 Å². The molecule has 2 rings (SSSR count). The lowest BCUT2D eigenvalue weighted by atomic mass is 9.92. The van der Waals surface area contributed by atoms with Gasteiger partial charge in [0.1, 0.15) is 11.6 Å². The summed E-state index contributed by atoms with van der Waals surface area (Å²) in [5.74, 6) is -0.375. The third kappa shape index (κ3) is 3.36. The van der Waals surface area contributed by atoms with Crippen LogP contribution in [0.1, 0.15) is 17.0 Å². The van der Waals surface area contributed by atoms with Crippen molar-refractivity contribution in [1.29, 1.82) is 0 Å². The molecule has 0 amide bonds. The Morgan fingerprint density at radius 2 is 1.85 bits per heavy atom. The van der Waals surface area contributed by atoms with Crippen LogP contribution in [0, 0.1) is 5.82 Å². The summed E-state index contributed by atoms with van der Waals surface area (Å²) in [5.41, 5.74) is 1.22. The quantitative estimate of drug-likeness (QED) is 0.781. The smallest absolute Gasteiger partial charge is 0.229 e. The van der Waals surface area contributed by atoms with E-state index in [-0.39, 0.29) is 0 Å². The Kier molecular flexibility index (Phi) is 4.74. The van der Waals surface area contributed by atoms with Gasteiger partial charge in [0.05, 0.1) is 13.0 Å². The van der Waals surface area contributed by atoms with Crippen molar-refractivity contribution in [3.05, 3.63) is 65.5 Å². The van der Waals surface area contributed by atoms with Gasteiger partial charge < -0.3 is 4.74 Å². The summed E-state index contributed by atoms with van der Waals surface area (Å²) < 4.78 is 18.9. The standard InChI is InChI=1S/C16H14ClFO2/c1-20-12-8-6-11(7-9-12)10-14(16(17)19)13-4-2-3-5-15(13)18/h2-9,14H,10H2,1H3. The van der Waals surface area contributed by atoms with Crippen molar-refractivity contribution >= 4 is 16.8 Å². The second kappa shape index (κ2) is 6.53. The first kappa shape index (κ1) is 14.5. The molecular formula is C16H14ClFO2. The summed E-state index contributed by atoms with van der Waals surface area (Å²) in [6, 6.07) is 13.5. The fraction of sp³-hybridized carbons (Fsp3) is 0.188. The van der Waals surface area contributed by atoms with Crippen LogP contribution in [-0.2, 0) is 11.2 Å². The average Bonchev–Trinajstić information content (AvgIpc) is 2.46. The number of ether oxygens (including phenoxy) is 1. The molecule has 104 valence electrons. The summed E-state index contributed by atoms with van der Waals surface area (Å²) in [6.07, 6.45) is 0.354. The van der Waals surface area contributed by atoms with Crippen LogP contribution in [0.5, 0.6) is 5.75 Å². The Hall–Kier alpha value is -1.87. The van der Waals surface area contributed by atoms with Gasteiger partial charge in [0, 0.05) is 0 Å². The van der Waals surface area contributed by atoms with Crippen LogP contribution < -0.4 is 4.74 Å². The number of benzene rings is 2. The molecule has 2 nitrogen and oxygen atoms in total. The second-order valence-corrected chi connectivity index (χ2v) is 4.80. The molecule has 0 radical (unpaired) electrons. The molecule has 0 aromatic heterocycles. The van der Waals surface area contributed by atoms with Gasteiger partial charge in [0.15, 0.2) is 0 Å². The highest BCUT2D eigenvalue weighted by molar-refractivity contribution is 6.64. The van der Waals surface area contributed by atoms with E-state index in [1.165, 1.54) is 6.07 Å². The number of carbonyl (C=O) groups excluding carboxylic acids is 1. The number of carbonyl (C=O) groups is 1. The minimum atomic E-state index is -0.689. The summed E-state index contributed by atoms with van der Waals surface area (Å²) in [4.78, 5) is 11.6. The van der Waals surface area contributed by atoms with Crippen molar-refractivity contribution in [2.45, 2.75) is 12.3 Å². The molecule has 0 fully saturated rings. The average molecular weight is 293 g/mol. The fourth-order valence-electron chi connectivity index (χ4n) is 2.07. The fourth-order valence-corrected chi connectivity index (χ4v) is 2.26. The summed E-state index contributed by atoms with van der Waals surface area (Å²) in [6.45, 7) is 0. The Bertz CT molecular complexity index is 596. The molecule has 0 aliphatic carbocycles. The van der Waals surface area contributed by atoms with Crippen LogP contribution in [0.2, 0.25) is 0 Å². The number of hydrogen-bond acceptors (Lipinski definition) is 2. The first-order chi connectivity index (χ1) is 9.61. The maximum absolute atomic E-state index is 13.8. The topological polar surface area (TPSA) is 26.3 Å². The van der Waals surface area contributed by atoms with Gasteiger partial charge in [-0.2, -0.15) is 0 Å². The highest BCUT2D eigenvalue weighted by Gasteiger charge is 2.22. The molecule has 0 aliphatic rings. The number of methoxy groups -OCH3 is 1.